The monoisotopic (exact) mass is 610 g/mol. The van der Waals surface area contributed by atoms with Gasteiger partial charge in [0.05, 0.1) is 22.1 Å². The largest absolute Gasteiger partial charge is 0.417 e. The summed E-state index contributed by atoms with van der Waals surface area (Å²) in [6, 6.07) is 6.87. The number of carbonyl (C=O) groups is 2. The Kier molecular flexibility index (Phi) is 7.44. The molecule has 4 nitrogen and oxygen atoms in total. The van der Waals surface area contributed by atoms with E-state index in [1.54, 1.807) is 5.32 Å². The van der Waals surface area contributed by atoms with Gasteiger partial charge in [0.2, 0.25) is 5.91 Å². The summed E-state index contributed by atoms with van der Waals surface area (Å²) in [4.78, 5) is 24.8. The molecule has 34 heavy (non-hydrogen) atoms. The Morgan fingerprint density at radius 1 is 1.03 bits per heavy atom. The lowest BCUT2D eigenvalue weighted by Crippen LogP contribution is -2.33. The number of hydrogen-bond donors (Lipinski definition) is 2. The molecule has 2 amide bonds. The molecule has 0 aliphatic heterocycles. The molecule has 0 saturated heterocycles. The molecule has 1 fully saturated rings. The van der Waals surface area contributed by atoms with Crippen molar-refractivity contribution in [1.82, 2.24) is 5.32 Å². The summed E-state index contributed by atoms with van der Waals surface area (Å²) in [5, 5.41) is 3.90. The summed E-state index contributed by atoms with van der Waals surface area (Å²) in [6.07, 6.45) is -9.30. The van der Waals surface area contributed by atoms with Crippen LogP contribution in [0.25, 0.3) is 0 Å². The maximum Gasteiger partial charge on any atom is 0.417 e. The minimum atomic E-state index is -4.66. The Balaban J connectivity index is 1.78. The molecule has 0 spiro atoms. The first-order valence-corrected chi connectivity index (χ1v) is 11.1. The van der Waals surface area contributed by atoms with Crippen LogP contribution in [-0.2, 0) is 11.0 Å². The highest BCUT2D eigenvalue weighted by atomic mass is 79.9. The molecular formula is C20H12BrCl3F6N2O2. The molecule has 1 aliphatic carbocycles. The summed E-state index contributed by atoms with van der Waals surface area (Å²) in [5.41, 5.74) is -1.22. The Morgan fingerprint density at radius 2 is 1.68 bits per heavy atom. The van der Waals surface area contributed by atoms with Gasteiger partial charge in [0.15, 0.2) is 0 Å². The topological polar surface area (TPSA) is 58.2 Å². The van der Waals surface area contributed by atoms with Crippen molar-refractivity contribution < 1.29 is 35.9 Å². The minimum Gasteiger partial charge on any atom is -0.343 e. The van der Waals surface area contributed by atoms with E-state index < -0.39 is 52.4 Å². The molecule has 184 valence electrons. The van der Waals surface area contributed by atoms with Crippen molar-refractivity contribution in [2.75, 3.05) is 11.9 Å². The maximum atomic E-state index is 13.2. The Bertz CT molecular complexity index is 1140. The average Bonchev–Trinajstić information content (AvgIpc) is 3.28. The summed E-state index contributed by atoms with van der Waals surface area (Å²) in [6.45, 7) is -1.59. The summed E-state index contributed by atoms with van der Waals surface area (Å²) < 4.78 is 74.8. The quantitative estimate of drug-likeness (QED) is 0.284. The predicted octanol–water partition coefficient (Wildman–Crippen LogP) is 6.94. The zero-order valence-electron chi connectivity index (χ0n) is 16.4. The van der Waals surface area contributed by atoms with Crippen molar-refractivity contribution in [2.45, 2.75) is 22.6 Å². The van der Waals surface area contributed by atoms with E-state index >= 15 is 0 Å². The van der Waals surface area contributed by atoms with E-state index in [1.165, 1.54) is 24.3 Å². The maximum absolute atomic E-state index is 13.2. The average molecular weight is 613 g/mol. The number of alkyl halides is 8. The van der Waals surface area contributed by atoms with Gasteiger partial charge in [-0.3, -0.25) is 9.59 Å². The van der Waals surface area contributed by atoms with E-state index in [2.05, 4.69) is 21.2 Å². The van der Waals surface area contributed by atoms with Crippen LogP contribution in [0.4, 0.5) is 32.0 Å². The zero-order chi connectivity index (χ0) is 25.6. The summed E-state index contributed by atoms with van der Waals surface area (Å²) in [7, 11) is 0. The number of rotatable bonds is 5. The van der Waals surface area contributed by atoms with Crippen LogP contribution < -0.4 is 10.6 Å². The highest BCUT2D eigenvalue weighted by Gasteiger charge is 2.67. The smallest absolute Gasteiger partial charge is 0.343 e. The van der Waals surface area contributed by atoms with Crippen molar-refractivity contribution in [1.29, 1.82) is 0 Å². The molecular weight excluding hydrogens is 600 g/mol. The zero-order valence-corrected chi connectivity index (χ0v) is 20.3. The van der Waals surface area contributed by atoms with E-state index in [1.807, 2.05) is 0 Å². The standard InChI is InChI=1S/C20H12BrCl3F6N2O2/c21-12-3-1-8(5-11(12)20(28,29)30)14-15(19(14,23)24)17(34)32-9-2-4-13(22)10(6-9)16(33)31-7-18(25,26)27/h1-6,14-15H,7H2,(H,31,33)(H,32,34)/t14-,15+/m0/s1. The van der Waals surface area contributed by atoms with Gasteiger partial charge < -0.3 is 10.6 Å². The van der Waals surface area contributed by atoms with Crippen molar-refractivity contribution in [2.24, 2.45) is 5.92 Å². The third kappa shape index (κ3) is 5.92. The van der Waals surface area contributed by atoms with Gasteiger partial charge >= 0.3 is 12.4 Å². The Morgan fingerprint density at radius 3 is 2.26 bits per heavy atom. The molecule has 1 aliphatic rings. The van der Waals surface area contributed by atoms with Gasteiger partial charge in [-0.15, -0.1) is 23.2 Å². The number of hydrogen-bond acceptors (Lipinski definition) is 2. The second kappa shape index (κ2) is 9.40. The molecule has 2 N–H and O–H groups in total. The minimum absolute atomic E-state index is 0.00636. The van der Waals surface area contributed by atoms with Crippen molar-refractivity contribution in [3.63, 3.8) is 0 Å². The number of amides is 2. The SMILES string of the molecule is O=C(NCC(F)(F)F)c1cc(NC(=O)[C@H]2[C@H](c3ccc(Br)c(C(F)(F)F)c3)C2(Cl)Cl)ccc1Cl. The lowest BCUT2D eigenvalue weighted by molar-refractivity contribution is -0.138. The fourth-order valence-corrected chi connectivity index (χ4v) is 4.80. The first-order valence-electron chi connectivity index (χ1n) is 9.22. The fourth-order valence-electron chi connectivity index (χ4n) is 3.29. The molecule has 0 bridgehead atoms. The lowest BCUT2D eigenvalue weighted by Gasteiger charge is -2.12. The highest BCUT2D eigenvalue weighted by Crippen LogP contribution is 2.65. The number of halogens is 10. The molecule has 2 aromatic carbocycles. The van der Waals surface area contributed by atoms with Crippen LogP contribution >= 0.6 is 50.7 Å². The normalized spacial score (nSPS) is 19.5. The van der Waals surface area contributed by atoms with Gasteiger partial charge in [0.25, 0.3) is 5.91 Å². The van der Waals surface area contributed by atoms with Gasteiger partial charge in [0.1, 0.15) is 10.9 Å². The van der Waals surface area contributed by atoms with Crippen molar-refractivity contribution in [3.05, 3.63) is 62.6 Å². The van der Waals surface area contributed by atoms with Crippen LogP contribution in [0.3, 0.4) is 0 Å². The van der Waals surface area contributed by atoms with Gasteiger partial charge in [-0.05, 0) is 35.9 Å². The van der Waals surface area contributed by atoms with Gasteiger partial charge in [0, 0.05) is 16.1 Å². The Labute approximate surface area is 212 Å². The molecule has 2 aromatic rings. The molecule has 2 atom stereocenters. The molecule has 0 heterocycles. The van der Waals surface area contributed by atoms with Gasteiger partial charge in [-0.25, -0.2) is 0 Å². The van der Waals surface area contributed by atoms with Crippen molar-refractivity contribution in [3.8, 4) is 0 Å². The van der Waals surface area contributed by atoms with Crippen LogP contribution in [0.5, 0.6) is 0 Å². The fraction of sp³-hybridized carbons (Fsp3) is 0.300. The molecule has 1 saturated carbocycles. The lowest BCUT2D eigenvalue weighted by atomic mass is 10.0. The first kappa shape index (κ1) is 26.9. The second-order valence-corrected chi connectivity index (χ2v) is 10.1. The number of benzene rings is 2. The molecule has 14 heteroatoms. The van der Waals surface area contributed by atoms with Gasteiger partial charge in [-0.1, -0.05) is 33.6 Å². The predicted molar refractivity (Wildman–Crippen MR) is 118 cm³/mol. The summed E-state index contributed by atoms with van der Waals surface area (Å²) >= 11 is 21.1. The number of anilines is 1. The van der Waals surface area contributed by atoms with Crippen molar-refractivity contribution >= 4 is 68.2 Å². The van der Waals surface area contributed by atoms with E-state index in [-0.39, 0.29) is 26.3 Å². The van der Waals surface area contributed by atoms with Crippen LogP contribution in [0, 0.1) is 5.92 Å². The van der Waals surface area contributed by atoms with Crippen LogP contribution in [0.15, 0.2) is 40.9 Å². The molecule has 0 radical (unpaired) electrons. The van der Waals surface area contributed by atoms with Crippen LogP contribution in [0.2, 0.25) is 5.02 Å². The summed E-state index contributed by atoms with van der Waals surface area (Å²) in [5.74, 6) is -4.00. The molecule has 0 unspecified atom stereocenters. The number of carbonyl (C=O) groups excluding carboxylic acids is 2. The van der Waals surface area contributed by atoms with E-state index in [9.17, 15) is 35.9 Å². The van der Waals surface area contributed by atoms with Crippen LogP contribution in [-0.4, -0.2) is 28.9 Å². The third-order valence-corrected chi connectivity index (χ3v) is 6.88. The Hall–Kier alpha value is -1.69. The van der Waals surface area contributed by atoms with Crippen LogP contribution in [0.1, 0.15) is 27.4 Å². The second-order valence-electron chi connectivity index (χ2n) is 7.35. The van der Waals surface area contributed by atoms with E-state index in [0.717, 1.165) is 12.1 Å². The van der Waals surface area contributed by atoms with E-state index in [4.69, 9.17) is 34.8 Å². The van der Waals surface area contributed by atoms with E-state index in [0.29, 0.717) is 0 Å². The van der Waals surface area contributed by atoms with Gasteiger partial charge in [-0.2, -0.15) is 26.3 Å². The number of nitrogens with one attached hydrogen (secondary N) is 2. The molecule has 0 aromatic heterocycles. The molecule has 3 rings (SSSR count). The third-order valence-electron chi connectivity index (χ3n) is 4.92. The first-order chi connectivity index (χ1) is 15.5. The highest BCUT2D eigenvalue weighted by molar-refractivity contribution is 9.10.